The SMILES string of the molecule is CC[C@@H](CO)N1C(=O)[C@@H]2[C@@H]3C(=O)N(C)CC=C[C@]3(C)O[C@@]23C=CCN(c2c(C)cccc2Cl)C(=O)C13. The van der Waals surface area contributed by atoms with Gasteiger partial charge in [0.2, 0.25) is 11.8 Å². The summed E-state index contributed by atoms with van der Waals surface area (Å²) in [5.41, 5.74) is -1.02. The molecule has 1 aromatic carbocycles. The molecule has 0 aromatic heterocycles. The number of hydrogen-bond acceptors (Lipinski definition) is 5. The van der Waals surface area contributed by atoms with Crippen LogP contribution in [-0.2, 0) is 19.1 Å². The Morgan fingerprint density at radius 2 is 1.83 bits per heavy atom. The van der Waals surface area contributed by atoms with Crippen LogP contribution in [0.3, 0.4) is 0 Å². The van der Waals surface area contributed by atoms with Gasteiger partial charge in [-0.05, 0) is 31.9 Å². The number of aryl methyl sites for hydroxylation is 1. The number of nitrogens with zero attached hydrogens (tertiary/aromatic N) is 3. The minimum Gasteiger partial charge on any atom is -0.394 e. The number of carbonyl (C=O) groups is 3. The normalized spacial score (nSPS) is 34.4. The second kappa shape index (κ2) is 8.71. The van der Waals surface area contributed by atoms with Gasteiger partial charge in [-0.25, -0.2) is 0 Å². The molecule has 0 aliphatic carbocycles. The largest absolute Gasteiger partial charge is 0.394 e. The lowest BCUT2D eigenvalue weighted by atomic mass is 9.74. The Balaban J connectivity index is 1.71. The molecule has 2 saturated heterocycles. The van der Waals surface area contributed by atoms with Gasteiger partial charge < -0.3 is 24.5 Å². The van der Waals surface area contributed by atoms with Gasteiger partial charge in [0.05, 0.1) is 40.8 Å². The van der Waals surface area contributed by atoms with Crippen LogP contribution in [0, 0.1) is 18.8 Å². The zero-order valence-corrected chi connectivity index (χ0v) is 21.7. The molecule has 4 aliphatic heterocycles. The highest BCUT2D eigenvalue weighted by atomic mass is 35.5. The summed E-state index contributed by atoms with van der Waals surface area (Å²) in [5.74, 6) is -2.59. The van der Waals surface area contributed by atoms with E-state index in [2.05, 4.69) is 0 Å². The molecule has 8 nitrogen and oxygen atoms in total. The van der Waals surface area contributed by atoms with E-state index in [9.17, 15) is 19.5 Å². The maximum absolute atomic E-state index is 14.4. The second-order valence-electron chi connectivity index (χ2n) is 10.4. The van der Waals surface area contributed by atoms with E-state index >= 15 is 0 Å². The van der Waals surface area contributed by atoms with Crippen molar-refractivity contribution in [2.75, 3.05) is 31.6 Å². The first-order valence-corrected chi connectivity index (χ1v) is 12.8. The molecular weight excluding hydrogens is 482 g/mol. The van der Waals surface area contributed by atoms with Gasteiger partial charge in [0, 0.05) is 20.1 Å². The number of benzene rings is 1. The molecule has 2 fully saturated rings. The van der Waals surface area contributed by atoms with E-state index in [0.29, 0.717) is 23.7 Å². The van der Waals surface area contributed by atoms with E-state index in [0.717, 1.165) is 5.56 Å². The fourth-order valence-corrected chi connectivity index (χ4v) is 6.88. The van der Waals surface area contributed by atoms with Crippen LogP contribution in [0.25, 0.3) is 0 Å². The number of carbonyl (C=O) groups excluding carboxylic acids is 3. The Morgan fingerprint density at radius 1 is 1.11 bits per heavy atom. The molecule has 0 bridgehead atoms. The summed E-state index contributed by atoms with van der Waals surface area (Å²) in [7, 11) is 1.71. The van der Waals surface area contributed by atoms with E-state index in [-0.39, 0.29) is 30.9 Å². The monoisotopic (exact) mass is 513 g/mol. The van der Waals surface area contributed by atoms with Gasteiger partial charge in [-0.3, -0.25) is 14.4 Å². The molecule has 192 valence electrons. The molecule has 4 aliphatic rings. The predicted molar refractivity (Wildman–Crippen MR) is 135 cm³/mol. The number of likely N-dealkylation sites (N-methyl/N-ethyl adjacent to an activating group) is 1. The number of anilines is 1. The van der Waals surface area contributed by atoms with Crippen molar-refractivity contribution in [3.63, 3.8) is 0 Å². The molecule has 5 rings (SSSR count). The molecule has 0 radical (unpaired) electrons. The molecule has 1 unspecified atom stereocenters. The smallest absolute Gasteiger partial charge is 0.253 e. The molecule has 36 heavy (non-hydrogen) atoms. The van der Waals surface area contributed by atoms with Crippen molar-refractivity contribution in [2.24, 2.45) is 11.8 Å². The van der Waals surface area contributed by atoms with Crippen LogP contribution in [0.1, 0.15) is 25.8 Å². The van der Waals surface area contributed by atoms with Gasteiger partial charge in [-0.2, -0.15) is 0 Å². The summed E-state index contributed by atoms with van der Waals surface area (Å²) in [6.07, 6.45) is 7.80. The first kappa shape index (κ1) is 25.0. The minimum absolute atomic E-state index is 0.195. The number of halogens is 1. The van der Waals surface area contributed by atoms with Gasteiger partial charge in [0.25, 0.3) is 5.91 Å². The third-order valence-electron chi connectivity index (χ3n) is 8.23. The molecular formula is C27H32ClN3O5. The maximum atomic E-state index is 14.4. The standard InChI is InChI=1S/C27H32ClN3O5/c1-5-17(15-32)31-22-25(35)30(21-16(2)9-6-10-18(21)28)14-8-12-27(22)20(24(31)34)19-23(33)29(4)13-7-11-26(19,3)36-27/h6-12,17,19-20,22,32H,5,13-15H2,1-4H3/t17-,19+,20-,22?,26-,27-/m0/s1. The first-order chi connectivity index (χ1) is 17.1. The maximum Gasteiger partial charge on any atom is 0.253 e. The Labute approximate surface area is 216 Å². The first-order valence-electron chi connectivity index (χ1n) is 12.4. The highest BCUT2D eigenvalue weighted by Gasteiger charge is 2.75. The molecule has 6 atom stereocenters. The van der Waals surface area contributed by atoms with E-state index in [4.69, 9.17) is 16.3 Å². The van der Waals surface area contributed by atoms with Crippen LogP contribution >= 0.6 is 11.6 Å². The van der Waals surface area contributed by atoms with Crippen molar-refractivity contribution in [2.45, 2.75) is 50.5 Å². The van der Waals surface area contributed by atoms with Gasteiger partial charge >= 0.3 is 0 Å². The van der Waals surface area contributed by atoms with E-state index in [1.54, 1.807) is 29.0 Å². The number of aliphatic hydroxyl groups excluding tert-OH is 1. The average Bonchev–Trinajstić information content (AvgIpc) is 3.11. The fourth-order valence-electron chi connectivity index (χ4n) is 6.56. The molecule has 1 aromatic rings. The van der Waals surface area contributed by atoms with Crippen LogP contribution in [0.4, 0.5) is 5.69 Å². The van der Waals surface area contributed by atoms with E-state index in [1.165, 1.54) is 4.90 Å². The summed E-state index contributed by atoms with van der Waals surface area (Å²) in [6.45, 7) is 5.90. The highest BCUT2D eigenvalue weighted by molar-refractivity contribution is 6.34. The molecule has 4 heterocycles. The van der Waals surface area contributed by atoms with Crippen LogP contribution in [0.2, 0.25) is 5.02 Å². The molecule has 1 spiro atoms. The second-order valence-corrected chi connectivity index (χ2v) is 10.8. The van der Waals surface area contributed by atoms with Gasteiger partial charge in [0.1, 0.15) is 11.6 Å². The number of para-hydroxylation sites is 1. The molecule has 0 saturated carbocycles. The Hall–Kier alpha value is -2.68. The zero-order valence-electron chi connectivity index (χ0n) is 21.0. The van der Waals surface area contributed by atoms with Crippen molar-refractivity contribution < 1.29 is 24.2 Å². The summed E-state index contributed by atoms with van der Waals surface area (Å²) >= 11 is 6.56. The number of fused-ring (bicyclic) bond motifs is 2. The number of aliphatic hydroxyl groups is 1. The lowest BCUT2D eigenvalue weighted by molar-refractivity contribution is -0.150. The van der Waals surface area contributed by atoms with E-state index < -0.39 is 35.1 Å². The lowest BCUT2D eigenvalue weighted by Gasteiger charge is -2.40. The Morgan fingerprint density at radius 3 is 2.50 bits per heavy atom. The predicted octanol–water partition coefficient (Wildman–Crippen LogP) is 2.32. The van der Waals surface area contributed by atoms with Crippen molar-refractivity contribution in [1.82, 2.24) is 9.80 Å². The van der Waals surface area contributed by atoms with Crippen LogP contribution in [-0.4, -0.2) is 82.7 Å². The van der Waals surface area contributed by atoms with Crippen molar-refractivity contribution in [3.05, 3.63) is 53.1 Å². The summed E-state index contributed by atoms with van der Waals surface area (Å²) in [6, 6.07) is 3.78. The third-order valence-corrected chi connectivity index (χ3v) is 8.54. The van der Waals surface area contributed by atoms with Gasteiger partial charge in [-0.1, -0.05) is 55.0 Å². The highest BCUT2D eigenvalue weighted by Crippen LogP contribution is 2.58. The minimum atomic E-state index is -1.36. The molecule has 1 N–H and O–H groups in total. The number of hydrogen-bond donors (Lipinski definition) is 1. The number of ether oxygens (including phenoxy) is 1. The number of rotatable bonds is 4. The van der Waals surface area contributed by atoms with Crippen LogP contribution in [0.5, 0.6) is 0 Å². The summed E-state index contributed by atoms with van der Waals surface area (Å²) in [4.78, 5) is 46.9. The molecule has 9 heteroatoms. The fraction of sp³-hybridized carbons (Fsp3) is 0.519. The average molecular weight is 514 g/mol. The lowest BCUT2D eigenvalue weighted by Crippen LogP contribution is -2.59. The van der Waals surface area contributed by atoms with E-state index in [1.807, 2.05) is 51.1 Å². The zero-order chi connectivity index (χ0) is 26.0. The van der Waals surface area contributed by atoms with Crippen molar-refractivity contribution >= 4 is 35.0 Å². The van der Waals surface area contributed by atoms with Crippen LogP contribution in [0.15, 0.2) is 42.5 Å². The quantitative estimate of drug-likeness (QED) is 0.624. The Bertz CT molecular complexity index is 1160. The topological polar surface area (TPSA) is 90.4 Å². The van der Waals surface area contributed by atoms with Gasteiger partial charge in [-0.15, -0.1) is 0 Å². The summed E-state index contributed by atoms with van der Waals surface area (Å²) < 4.78 is 6.76. The number of likely N-dealkylation sites (tertiary alicyclic amines) is 1. The van der Waals surface area contributed by atoms with Crippen molar-refractivity contribution in [1.29, 1.82) is 0 Å². The van der Waals surface area contributed by atoms with Crippen LogP contribution < -0.4 is 4.90 Å². The molecule has 3 amide bonds. The Kier molecular flexibility index (Phi) is 6.05. The van der Waals surface area contributed by atoms with Crippen molar-refractivity contribution in [3.8, 4) is 0 Å². The third kappa shape index (κ3) is 3.31. The number of amides is 3. The van der Waals surface area contributed by atoms with Gasteiger partial charge in [0.15, 0.2) is 0 Å². The summed E-state index contributed by atoms with van der Waals surface area (Å²) in [5, 5.41) is 10.6.